The lowest BCUT2D eigenvalue weighted by Gasteiger charge is -2.24. The third-order valence-corrected chi connectivity index (χ3v) is 5.88. The summed E-state index contributed by atoms with van der Waals surface area (Å²) < 4.78 is 11.1. The molecule has 3 amide bonds. The number of amides is 3. The number of halogens is 1. The van der Waals surface area contributed by atoms with E-state index in [1.807, 2.05) is 42.5 Å². The molecule has 30 heavy (non-hydrogen) atoms. The van der Waals surface area contributed by atoms with Crippen molar-refractivity contribution in [2.24, 2.45) is 0 Å². The number of carbonyl (C=O) groups excluding carboxylic acids is 2. The lowest BCUT2D eigenvalue weighted by molar-refractivity contribution is -0.131. The predicted molar refractivity (Wildman–Crippen MR) is 113 cm³/mol. The van der Waals surface area contributed by atoms with Crippen LogP contribution in [0.1, 0.15) is 18.1 Å². The molecule has 1 saturated heterocycles. The van der Waals surface area contributed by atoms with Crippen LogP contribution in [0.15, 0.2) is 54.6 Å². The first-order valence-electron chi connectivity index (χ1n) is 9.68. The van der Waals surface area contributed by atoms with Crippen molar-refractivity contribution in [3.05, 3.63) is 70.7 Å². The monoisotopic (exact) mass is 422 g/mol. The van der Waals surface area contributed by atoms with Gasteiger partial charge in [0, 0.05) is 0 Å². The van der Waals surface area contributed by atoms with E-state index in [-0.39, 0.29) is 12.5 Å². The van der Waals surface area contributed by atoms with Crippen molar-refractivity contribution in [1.82, 2.24) is 10.2 Å². The molecular formula is C23H19ClN2O4. The van der Waals surface area contributed by atoms with Gasteiger partial charge in [0.05, 0.1) is 11.6 Å². The number of nitrogens with one attached hydrogen (secondary N) is 1. The standard InChI is InChI=1S/C23H19ClN2O4/c1-23(17-8-4-6-15-5-2-3-7-16(15)17)21(27)26(22(28)25-23)13-14-11-18(24)20-19(12-14)29-9-10-30-20/h2-8,11-12H,9-10,13H2,1H3,(H,25,28)/t23-/m1/s1. The maximum Gasteiger partial charge on any atom is 0.325 e. The maximum absolute atomic E-state index is 13.4. The lowest BCUT2D eigenvalue weighted by Crippen LogP contribution is -2.41. The molecule has 152 valence electrons. The SMILES string of the molecule is C[C@]1(c2cccc3ccccc23)NC(=O)N(Cc2cc(Cl)c3c(c2)OCCO3)C1=O. The molecule has 2 heterocycles. The van der Waals surface area contributed by atoms with E-state index in [0.717, 1.165) is 16.3 Å². The highest BCUT2D eigenvalue weighted by Crippen LogP contribution is 2.39. The summed E-state index contributed by atoms with van der Waals surface area (Å²) in [7, 11) is 0. The molecule has 1 N–H and O–H groups in total. The first kappa shape index (κ1) is 18.8. The molecule has 3 aromatic carbocycles. The summed E-state index contributed by atoms with van der Waals surface area (Å²) in [6.07, 6.45) is 0. The average molecular weight is 423 g/mol. The van der Waals surface area contributed by atoms with E-state index >= 15 is 0 Å². The summed E-state index contributed by atoms with van der Waals surface area (Å²) in [6, 6.07) is 16.6. The zero-order chi connectivity index (χ0) is 20.9. The van der Waals surface area contributed by atoms with Crippen LogP contribution in [0, 0.1) is 0 Å². The first-order valence-corrected chi connectivity index (χ1v) is 10.1. The molecular weight excluding hydrogens is 404 g/mol. The summed E-state index contributed by atoms with van der Waals surface area (Å²) in [5.74, 6) is 0.701. The Labute approximate surface area is 178 Å². The number of carbonyl (C=O) groups is 2. The van der Waals surface area contributed by atoms with Gasteiger partial charge in [0.15, 0.2) is 11.5 Å². The molecule has 5 rings (SSSR count). The van der Waals surface area contributed by atoms with Crippen LogP contribution in [-0.4, -0.2) is 30.1 Å². The average Bonchev–Trinajstić information content (AvgIpc) is 2.97. The van der Waals surface area contributed by atoms with Crippen molar-refractivity contribution in [3.63, 3.8) is 0 Å². The number of urea groups is 1. The molecule has 0 unspecified atom stereocenters. The molecule has 2 aliphatic heterocycles. The molecule has 6 nitrogen and oxygen atoms in total. The Kier molecular flexibility index (Phi) is 4.33. The zero-order valence-electron chi connectivity index (χ0n) is 16.3. The number of ether oxygens (including phenoxy) is 2. The van der Waals surface area contributed by atoms with Gasteiger partial charge in [-0.2, -0.15) is 0 Å². The topological polar surface area (TPSA) is 67.9 Å². The van der Waals surface area contributed by atoms with Crippen LogP contribution < -0.4 is 14.8 Å². The number of nitrogens with zero attached hydrogens (tertiary/aromatic N) is 1. The van der Waals surface area contributed by atoms with Gasteiger partial charge in [-0.3, -0.25) is 9.69 Å². The number of imide groups is 1. The molecule has 0 spiro atoms. The molecule has 0 bridgehead atoms. The second-order valence-electron chi connectivity index (χ2n) is 7.57. The minimum absolute atomic E-state index is 0.0847. The van der Waals surface area contributed by atoms with Crippen molar-refractivity contribution in [1.29, 1.82) is 0 Å². The van der Waals surface area contributed by atoms with Crippen LogP contribution in [0.4, 0.5) is 4.79 Å². The normalized spacial score (nSPS) is 20.5. The Bertz CT molecular complexity index is 1190. The third kappa shape index (κ3) is 2.87. The summed E-state index contributed by atoms with van der Waals surface area (Å²) in [5, 5.41) is 5.22. The summed E-state index contributed by atoms with van der Waals surface area (Å²) in [5.41, 5.74) is 0.298. The van der Waals surface area contributed by atoms with Gasteiger partial charge in [0.2, 0.25) is 0 Å². The third-order valence-electron chi connectivity index (χ3n) is 5.60. The van der Waals surface area contributed by atoms with Crippen LogP contribution in [0.25, 0.3) is 10.8 Å². The van der Waals surface area contributed by atoms with Gasteiger partial charge in [-0.15, -0.1) is 0 Å². The molecule has 3 aromatic rings. The molecule has 0 aliphatic carbocycles. The number of hydrogen-bond donors (Lipinski definition) is 1. The van der Waals surface area contributed by atoms with Gasteiger partial charge >= 0.3 is 6.03 Å². The van der Waals surface area contributed by atoms with Crippen molar-refractivity contribution < 1.29 is 19.1 Å². The summed E-state index contributed by atoms with van der Waals surface area (Å²) in [4.78, 5) is 27.4. The number of benzene rings is 3. The van der Waals surface area contributed by atoms with Crippen LogP contribution in [0.3, 0.4) is 0 Å². The van der Waals surface area contributed by atoms with Crippen LogP contribution in [0.2, 0.25) is 5.02 Å². The van der Waals surface area contributed by atoms with E-state index in [0.29, 0.717) is 35.3 Å². The van der Waals surface area contributed by atoms with Gasteiger partial charge in [-0.1, -0.05) is 54.1 Å². The van der Waals surface area contributed by atoms with E-state index < -0.39 is 11.6 Å². The van der Waals surface area contributed by atoms with Crippen LogP contribution in [0.5, 0.6) is 11.5 Å². The van der Waals surface area contributed by atoms with Gasteiger partial charge in [0.25, 0.3) is 5.91 Å². The van der Waals surface area contributed by atoms with Crippen molar-refractivity contribution in [3.8, 4) is 11.5 Å². The van der Waals surface area contributed by atoms with Crippen molar-refractivity contribution >= 4 is 34.3 Å². The van der Waals surface area contributed by atoms with Gasteiger partial charge in [0.1, 0.15) is 18.8 Å². The van der Waals surface area contributed by atoms with E-state index in [1.54, 1.807) is 19.1 Å². The van der Waals surface area contributed by atoms with Gasteiger partial charge < -0.3 is 14.8 Å². The van der Waals surface area contributed by atoms with Crippen molar-refractivity contribution in [2.45, 2.75) is 19.0 Å². The van der Waals surface area contributed by atoms with Crippen molar-refractivity contribution in [2.75, 3.05) is 13.2 Å². The number of hydrogen-bond acceptors (Lipinski definition) is 4. The Morgan fingerprint density at radius 3 is 2.70 bits per heavy atom. The number of fused-ring (bicyclic) bond motifs is 2. The largest absolute Gasteiger partial charge is 0.486 e. The molecule has 0 saturated carbocycles. The highest BCUT2D eigenvalue weighted by atomic mass is 35.5. The Balaban J connectivity index is 1.50. The second-order valence-corrected chi connectivity index (χ2v) is 7.98. The summed E-state index contributed by atoms with van der Waals surface area (Å²) >= 11 is 6.31. The van der Waals surface area contributed by atoms with Gasteiger partial charge in [-0.05, 0) is 41.0 Å². The highest BCUT2D eigenvalue weighted by Gasteiger charge is 2.49. The fourth-order valence-corrected chi connectivity index (χ4v) is 4.41. The fraction of sp³-hybridized carbons (Fsp3) is 0.217. The first-order chi connectivity index (χ1) is 14.5. The Morgan fingerprint density at radius 1 is 1.07 bits per heavy atom. The van der Waals surface area contributed by atoms with Crippen LogP contribution in [-0.2, 0) is 16.9 Å². The minimum atomic E-state index is -1.16. The molecule has 0 aromatic heterocycles. The van der Waals surface area contributed by atoms with E-state index in [9.17, 15) is 9.59 Å². The predicted octanol–water partition coefficient (Wildman–Crippen LogP) is 4.23. The quantitative estimate of drug-likeness (QED) is 0.641. The van der Waals surface area contributed by atoms with E-state index in [2.05, 4.69) is 5.32 Å². The maximum atomic E-state index is 13.4. The van der Waals surface area contributed by atoms with E-state index in [1.165, 1.54) is 4.90 Å². The molecule has 1 atom stereocenters. The molecule has 1 fully saturated rings. The Morgan fingerprint density at radius 2 is 1.83 bits per heavy atom. The van der Waals surface area contributed by atoms with Gasteiger partial charge in [-0.25, -0.2) is 4.79 Å². The van der Waals surface area contributed by atoms with Crippen LogP contribution >= 0.6 is 11.6 Å². The number of rotatable bonds is 3. The smallest absolute Gasteiger partial charge is 0.325 e. The fourth-order valence-electron chi connectivity index (χ4n) is 4.12. The van der Waals surface area contributed by atoms with E-state index in [4.69, 9.17) is 21.1 Å². The second kappa shape index (κ2) is 6.92. The highest BCUT2D eigenvalue weighted by molar-refractivity contribution is 6.32. The zero-order valence-corrected chi connectivity index (χ0v) is 17.0. The molecule has 2 aliphatic rings. The summed E-state index contributed by atoms with van der Waals surface area (Å²) in [6.45, 7) is 2.69. The molecule has 0 radical (unpaired) electrons. The lowest BCUT2D eigenvalue weighted by atomic mass is 9.88. The Hall–Kier alpha value is -3.25. The minimum Gasteiger partial charge on any atom is -0.486 e. The molecule has 7 heteroatoms.